The Morgan fingerprint density at radius 2 is 1.67 bits per heavy atom. The number of nitro groups is 1. The zero-order chi connectivity index (χ0) is 28.6. The van der Waals surface area contributed by atoms with Crippen molar-refractivity contribution in [3.05, 3.63) is 99.6 Å². The van der Waals surface area contributed by atoms with Crippen LogP contribution in [0.4, 0.5) is 5.69 Å². The van der Waals surface area contributed by atoms with Crippen LogP contribution < -0.4 is 14.9 Å². The molecular weight excluding hydrogens is 524 g/mol. The van der Waals surface area contributed by atoms with E-state index < -0.39 is 32.9 Å². The molecule has 0 unspecified atom stereocenters. The summed E-state index contributed by atoms with van der Waals surface area (Å²) in [6.45, 7) is 5.58. The first kappa shape index (κ1) is 29.1. The molecule has 0 aliphatic rings. The van der Waals surface area contributed by atoms with Crippen molar-refractivity contribution < 1.29 is 27.7 Å². The van der Waals surface area contributed by atoms with Gasteiger partial charge in [0.25, 0.3) is 11.6 Å². The summed E-state index contributed by atoms with van der Waals surface area (Å²) in [5.74, 6) is -1.31. The van der Waals surface area contributed by atoms with Gasteiger partial charge in [0, 0.05) is 6.07 Å². The highest BCUT2D eigenvalue weighted by Gasteiger charge is 2.26. The van der Waals surface area contributed by atoms with Crippen molar-refractivity contribution in [3.8, 4) is 5.75 Å². The minimum Gasteiger partial charge on any atom is -0.423 e. The molecule has 1 amide bonds. The maximum absolute atomic E-state index is 12.8. The molecular formula is C27H28N4O7S. The molecule has 11 nitrogen and oxygen atoms in total. The summed E-state index contributed by atoms with van der Waals surface area (Å²) in [5, 5.41) is 15.0. The van der Waals surface area contributed by atoms with Gasteiger partial charge in [0.15, 0.2) is 0 Å². The highest BCUT2D eigenvalue weighted by Crippen LogP contribution is 2.21. The molecule has 0 aromatic heterocycles. The molecule has 2 N–H and O–H groups in total. The summed E-state index contributed by atoms with van der Waals surface area (Å²) in [6, 6.07) is 16.8. The Labute approximate surface area is 226 Å². The second-order valence-electron chi connectivity index (χ2n) is 9.08. The van der Waals surface area contributed by atoms with Crippen LogP contribution in [0, 0.1) is 23.0 Å². The van der Waals surface area contributed by atoms with Crippen LogP contribution >= 0.6 is 0 Å². The Kier molecular flexibility index (Phi) is 9.63. The lowest BCUT2D eigenvalue weighted by molar-refractivity contribution is -0.385. The Hall–Kier alpha value is -4.42. The number of hydrogen-bond donors (Lipinski definition) is 2. The molecule has 0 saturated heterocycles. The number of rotatable bonds is 11. The van der Waals surface area contributed by atoms with Gasteiger partial charge in [-0.3, -0.25) is 14.9 Å². The minimum atomic E-state index is -3.93. The number of sulfonamides is 1. The maximum Gasteiger partial charge on any atom is 0.350 e. The fourth-order valence-electron chi connectivity index (χ4n) is 3.49. The first-order valence-electron chi connectivity index (χ1n) is 11.9. The normalized spacial score (nSPS) is 12.3. The van der Waals surface area contributed by atoms with Crippen molar-refractivity contribution in [1.29, 1.82) is 0 Å². The van der Waals surface area contributed by atoms with E-state index in [2.05, 4.69) is 15.2 Å². The summed E-state index contributed by atoms with van der Waals surface area (Å²) in [4.78, 5) is 35.7. The molecule has 0 aliphatic heterocycles. The largest absolute Gasteiger partial charge is 0.423 e. The Bertz CT molecular complexity index is 1470. The molecule has 0 saturated carbocycles. The molecule has 3 aromatic rings. The fourth-order valence-corrected chi connectivity index (χ4v) is 4.70. The number of aryl methyl sites for hydroxylation is 1. The third kappa shape index (κ3) is 8.28. The van der Waals surface area contributed by atoms with Gasteiger partial charge < -0.3 is 4.74 Å². The van der Waals surface area contributed by atoms with Crippen molar-refractivity contribution in [3.63, 3.8) is 0 Å². The summed E-state index contributed by atoms with van der Waals surface area (Å²) in [6.07, 6.45) is 1.60. The van der Waals surface area contributed by atoms with Crippen LogP contribution in [0.5, 0.6) is 5.75 Å². The van der Waals surface area contributed by atoms with E-state index in [9.17, 15) is 28.1 Å². The van der Waals surface area contributed by atoms with Crippen LogP contribution in [-0.4, -0.2) is 37.5 Å². The molecule has 0 bridgehead atoms. The van der Waals surface area contributed by atoms with Crippen molar-refractivity contribution in [2.45, 2.75) is 38.1 Å². The standard InChI is InChI=1S/C27H28N4O7S/c1-18(2)16-24(30-39(36,37)22-14-8-19(3)9-15-22)26(32)29-28-17-20-10-12-21(13-11-20)38-27(33)23-6-4-5-7-25(23)31(34)35/h4-15,17-18,24,30H,16H2,1-3H3,(H,29,32)/b28-17-/t24-/m0/s1. The lowest BCUT2D eigenvalue weighted by Crippen LogP contribution is -2.46. The molecule has 3 aromatic carbocycles. The second-order valence-corrected chi connectivity index (χ2v) is 10.8. The molecule has 0 aliphatic carbocycles. The predicted molar refractivity (Wildman–Crippen MR) is 145 cm³/mol. The van der Waals surface area contributed by atoms with Crippen LogP contribution in [0.15, 0.2) is 82.8 Å². The molecule has 204 valence electrons. The average Bonchev–Trinajstić information content (AvgIpc) is 2.89. The number of nitrogens with one attached hydrogen (secondary N) is 2. The molecule has 0 fully saturated rings. The number of ether oxygens (including phenoxy) is 1. The average molecular weight is 553 g/mol. The first-order valence-corrected chi connectivity index (χ1v) is 13.4. The Morgan fingerprint density at radius 1 is 1.03 bits per heavy atom. The highest BCUT2D eigenvalue weighted by molar-refractivity contribution is 7.89. The number of nitrogens with zero attached hydrogens (tertiary/aromatic N) is 2. The number of hydrazone groups is 1. The van der Waals surface area contributed by atoms with Crippen molar-refractivity contribution in [2.75, 3.05) is 0 Å². The third-order valence-corrected chi connectivity index (χ3v) is 6.94. The summed E-state index contributed by atoms with van der Waals surface area (Å²) in [5.41, 5.74) is 3.27. The monoisotopic (exact) mass is 552 g/mol. The summed E-state index contributed by atoms with van der Waals surface area (Å²) < 4.78 is 33.3. The predicted octanol–water partition coefficient (Wildman–Crippen LogP) is 3.97. The number of esters is 1. The van der Waals surface area contributed by atoms with E-state index in [1.165, 1.54) is 54.7 Å². The van der Waals surface area contributed by atoms with Gasteiger partial charge in [0.2, 0.25) is 10.0 Å². The van der Waals surface area contributed by atoms with Gasteiger partial charge in [-0.1, -0.05) is 43.7 Å². The van der Waals surface area contributed by atoms with Crippen LogP contribution in [-0.2, 0) is 14.8 Å². The van der Waals surface area contributed by atoms with Gasteiger partial charge in [-0.2, -0.15) is 9.82 Å². The van der Waals surface area contributed by atoms with E-state index in [1.54, 1.807) is 24.3 Å². The van der Waals surface area contributed by atoms with Crippen LogP contribution in [0.3, 0.4) is 0 Å². The molecule has 3 rings (SSSR count). The zero-order valence-electron chi connectivity index (χ0n) is 21.5. The number of hydrogen-bond acceptors (Lipinski definition) is 8. The molecule has 12 heteroatoms. The molecule has 0 heterocycles. The van der Waals surface area contributed by atoms with Crippen molar-refractivity contribution >= 4 is 33.8 Å². The number of carbonyl (C=O) groups excluding carboxylic acids is 2. The van der Waals surface area contributed by atoms with E-state index in [4.69, 9.17) is 4.74 Å². The number of para-hydroxylation sites is 1. The minimum absolute atomic E-state index is 0.0259. The summed E-state index contributed by atoms with van der Waals surface area (Å²) in [7, 11) is -3.93. The van der Waals surface area contributed by atoms with Gasteiger partial charge >= 0.3 is 5.97 Å². The van der Waals surface area contributed by atoms with E-state index in [0.717, 1.165) is 5.56 Å². The van der Waals surface area contributed by atoms with E-state index >= 15 is 0 Å². The van der Waals surface area contributed by atoms with E-state index in [-0.39, 0.29) is 34.2 Å². The lowest BCUT2D eigenvalue weighted by atomic mass is 10.0. The zero-order valence-corrected chi connectivity index (χ0v) is 22.3. The smallest absolute Gasteiger partial charge is 0.350 e. The maximum atomic E-state index is 12.8. The molecule has 0 radical (unpaired) electrons. The quantitative estimate of drug-likeness (QED) is 0.120. The van der Waals surface area contributed by atoms with Gasteiger partial charge in [-0.05, 0) is 67.3 Å². The molecule has 1 atom stereocenters. The van der Waals surface area contributed by atoms with Crippen LogP contribution in [0.1, 0.15) is 41.8 Å². The topological polar surface area (TPSA) is 157 Å². The van der Waals surface area contributed by atoms with Crippen LogP contribution in [0.2, 0.25) is 0 Å². The van der Waals surface area contributed by atoms with Gasteiger partial charge in [-0.15, -0.1) is 0 Å². The SMILES string of the molecule is Cc1ccc(S(=O)(=O)N[C@@H](CC(C)C)C(=O)N/N=C\c2ccc(OC(=O)c3ccccc3[N+](=O)[O-])cc2)cc1. The van der Waals surface area contributed by atoms with Crippen molar-refractivity contribution in [1.82, 2.24) is 10.1 Å². The van der Waals surface area contributed by atoms with Crippen molar-refractivity contribution in [2.24, 2.45) is 11.0 Å². The van der Waals surface area contributed by atoms with Gasteiger partial charge in [0.1, 0.15) is 17.4 Å². The first-order chi connectivity index (χ1) is 18.5. The third-order valence-electron chi connectivity index (χ3n) is 5.45. The van der Waals surface area contributed by atoms with Gasteiger partial charge in [-0.25, -0.2) is 18.6 Å². The van der Waals surface area contributed by atoms with E-state index in [1.807, 2.05) is 20.8 Å². The van der Waals surface area contributed by atoms with Crippen LogP contribution in [0.25, 0.3) is 0 Å². The van der Waals surface area contributed by atoms with Gasteiger partial charge in [0.05, 0.1) is 16.0 Å². The summed E-state index contributed by atoms with van der Waals surface area (Å²) >= 11 is 0. The van der Waals surface area contributed by atoms with E-state index in [0.29, 0.717) is 5.56 Å². The number of benzene rings is 3. The molecule has 0 spiro atoms. The highest BCUT2D eigenvalue weighted by atomic mass is 32.2. The fraction of sp³-hybridized carbons (Fsp3) is 0.222. The number of carbonyl (C=O) groups is 2. The Morgan fingerprint density at radius 3 is 2.28 bits per heavy atom. The lowest BCUT2D eigenvalue weighted by Gasteiger charge is -2.19. The second kappa shape index (κ2) is 12.9. The Balaban J connectivity index is 1.63. The number of amides is 1. The molecule has 39 heavy (non-hydrogen) atoms. The number of nitro benzene ring substituents is 1.